The van der Waals surface area contributed by atoms with E-state index in [1.54, 1.807) is 11.3 Å². The number of piperazine rings is 1. The monoisotopic (exact) mass is 300 g/mol. The van der Waals surface area contributed by atoms with Crippen LogP contribution in [-0.4, -0.2) is 24.0 Å². The topological polar surface area (TPSA) is 15.3 Å². The van der Waals surface area contributed by atoms with Gasteiger partial charge in [0.1, 0.15) is 0 Å². The highest BCUT2D eigenvalue weighted by molar-refractivity contribution is 7.07. The van der Waals surface area contributed by atoms with Crippen LogP contribution < -0.4 is 5.32 Å². The first-order valence-electron chi connectivity index (χ1n) is 7.77. The Kier molecular flexibility index (Phi) is 4.43. The van der Waals surface area contributed by atoms with Crippen molar-refractivity contribution in [3.05, 3.63) is 58.3 Å². The Hall–Kier alpha value is -1.16. The molecule has 3 heteroatoms. The molecule has 1 aromatic heterocycles. The van der Waals surface area contributed by atoms with E-state index in [0.29, 0.717) is 6.04 Å². The molecule has 0 bridgehead atoms. The maximum absolute atomic E-state index is 3.78. The molecule has 21 heavy (non-hydrogen) atoms. The Bertz CT molecular complexity index is 552. The van der Waals surface area contributed by atoms with E-state index in [1.165, 1.54) is 17.5 Å². The lowest BCUT2D eigenvalue weighted by atomic mass is 9.87. The molecule has 112 valence electrons. The van der Waals surface area contributed by atoms with Crippen molar-refractivity contribution in [2.75, 3.05) is 13.1 Å². The van der Waals surface area contributed by atoms with Crippen LogP contribution in [0.5, 0.6) is 0 Å². The summed E-state index contributed by atoms with van der Waals surface area (Å²) in [6.07, 6.45) is 1.20. The first-order valence-corrected chi connectivity index (χ1v) is 8.71. The van der Waals surface area contributed by atoms with E-state index in [0.717, 1.165) is 19.6 Å². The minimum atomic E-state index is 0.0446. The fourth-order valence-electron chi connectivity index (χ4n) is 3.27. The van der Waals surface area contributed by atoms with Crippen LogP contribution in [0.3, 0.4) is 0 Å². The third kappa shape index (κ3) is 3.20. The zero-order chi connectivity index (χ0) is 14.7. The summed E-state index contributed by atoms with van der Waals surface area (Å²) >= 11 is 1.79. The molecule has 1 aromatic carbocycles. The summed E-state index contributed by atoms with van der Waals surface area (Å²) in [4.78, 5) is 2.64. The molecular weight excluding hydrogens is 276 g/mol. The summed E-state index contributed by atoms with van der Waals surface area (Å²) in [5, 5.41) is 8.23. The van der Waals surface area contributed by atoms with Crippen LogP contribution >= 0.6 is 11.3 Å². The molecule has 2 unspecified atom stereocenters. The molecule has 1 aliphatic rings. The standard InChI is InChI=1S/C18H24N2S/c1-3-17-11-19-18(2,16-7-5-4-6-8-16)14-20(17)12-15-9-10-21-13-15/h4-10,13,17,19H,3,11-12,14H2,1-2H3. The number of rotatable bonds is 4. The third-order valence-electron chi connectivity index (χ3n) is 4.61. The molecule has 2 nitrogen and oxygen atoms in total. The fourth-order valence-corrected chi connectivity index (χ4v) is 3.93. The zero-order valence-corrected chi connectivity index (χ0v) is 13.7. The van der Waals surface area contributed by atoms with Gasteiger partial charge in [-0.25, -0.2) is 0 Å². The van der Waals surface area contributed by atoms with Crippen LogP contribution in [0.1, 0.15) is 31.4 Å². The van der Waals surface area contributed by atoms with Crippen molar-refractivity contribution in [3.8, 4) is 0 Å². The van der Waals surface area contributed by atoms with Crippen LogP contribution in [0.15, 0.2) is 47.2 Å². The molecule has 2 atom stereocenters. The Balaban J connectivity index is 1.80. The average molecular weight is 300 g/mol. The Morgan fingerprint density at radius 1 is 1.29 bits per heavy atom. The molecule has 0 spiro atoms. The number of hydrogen-bond acceptors (Lipinski definition) is 3. The quantitative estimate of drug-likeness (QED) is 0.922. The molecule has 0 aliphatic carbocycles. The number of nitrogens with one attached hydrogen (secondary N) is 1. The van der Waals surface area contributed by atoms with Gasteiger partial charge in [-0.3, -0.25) is 4.90 Å². The predicted molar refractivity (Wildman–Crippen MR) is 90.6 cm³/mol. The summed E-state index contributed by atoms with van der Waals surface area (Å²) in [6.45, 7) is 7.80. The molecular formula is C18H24N2S. The van der Waals surface area contributed by atoms with Gasteiger partial charge in [0.05, 0.1) is 5.54 Å². The lowest BCUT2D eigenvalue weighted by Gasteiger charge is -2.46. The van der Waals surface area contributed by atoms with Gasteiger partial charge in [0.25, 0.3) is 0 Å². The summed E-state index contributed by atoms with van der Waals surface area (Å²) in [6, 6.07) is 13.7. The van der Waals surface area contributed by atoms with Crippen molar-refractivity contribution in [1.29, 1.82) is 0 Å². The summed E-state index contributed by atoms with van der Waals surface area (Å²) in [5.74, 6) is 0. The molecule has 1 saturated heterocycles. The number of hydrogen-bond donors (Lipinski definition) is 1. The van der Waals surface area contributed by atoms with Crippen molar-refractivity contribution >= 4 is 11.3 Å². The van der Waals surface area contributed by atoms with Gasteiger partial charge >= 0.3 is 0 Å². The van der Waals surface area contributed by atoms with Gasteiger partial charge in [0.15, 0.2) is 0 Å². The summed E-state index contributed by atoms with van der Waals surface area (Å²) in [7, 11) is 0. The third-order valence-corrected chi connectivity index (χ3v) is 5.34. The number of thiophene rings is 1. The minimum Gasteiger partial charge on any atom is -0.305 e. The molecule has 0 amide bonds. The van der Waals surface area contributed by atoms with Crippen LogP contribution in [-0.2, 0) is 12.1 Å². The first-order chi connectivity index (χ1) is 10.2. The summed E-state index contributed by atoms with van der Waals surface area (Å²) in [5.41, 5.74) is 2.87. The molecule has 1 N–H and O–H groups in total. The molecule has 0 saturated carbocycles. The molecule has 2 aromatic rings. The van der Waals surface area contributed by atoms with Crippen LogP contribution in [0.25, 0.3) is 0 Å². The SMILES string of the molecule is CCC1CNC(C)(c2ccccc2)CN1Cc1ccsc1. The van der Waals surface area contributed by atoms with Gasteiger partial charge in [-0.15, -0.1) is 0 Å². The van der Waals surface area contributed by atoms with Gasteiger partial charge in [-0.1, -0.05) is 37.3 Å². The van der Waals surface area contributed by atoms with Gasteiger partial charge in [0, 0.05) is 25.7 Å². The van der Waals surface area contributed by atoms with Crippen molar-refractivity contribution in [2.45, 2.75) is 38.4 Å². The molecule has 2 heterocycles. The van der Waals surface area contributed by atoms with E-state index < -0.39 is 0 Å². The zero-order valence-electron chi connectivity index (χ0n) is 12.9. The first kappa shape index (κ1) is 14.8. The van der Waals surface area contributed by atoms with E-state index in [4.69, 9.17) is 0 Å². The number of nitrogens with zero attached hydrogens (tertiary/aromatic N) is 1. The second-order valence-corrected chi connectivity index (χ2v) is 6.96. The van der Waals surface area contributed by atoms with E-state index in [-0.39, 0.29) is 5.54 Å². The maximum atomic E-state index is 3.78. The van der Waals surface area contributed by atoms with Crippen LogP contribution in [0.2, 0.25) is 0 Å². The van der Waals surface area contributed by atoms with E-state index in [1.807, 2.05) is 0 Å². The van der Waals surface area contributed by atoms with Crippen LogP contribution in [0.4, 0.5) is 0 Å². The minimum absolute atomic E-state index is 0.0446. The fraction of sp³-hybridized carbons (Fsp3) is 0.444. The van der Waals surface area contributed by atoms with E-state index in [2.05, 4.69) is 71.2 Å². The lowest BCUT2D eigenvalue weighted by molar-refractivity contribution is 0.0765. The maximum Gasteiger partial charge on any atom is 0.0535 e. The van der Waals surface area contributed by atoms with E-state index in [9.17, 15) is 0 Å². The molecule has 1 fully saturated rings. The molecule has 1 aliphatic heterocycles. The second-order valence-electron chi connectivity index (χ2n) is 6.18. The smallest absolute Gasteiger partial charge is 0.0535 e. The highest BCUT2D eigenvalue weighted by Gasteiger charge is 2.36. The normalized spacial score (nSPS) is 26.9. The highest BCUT2D eigenvalue weighted by atomic mass is 32.1. The molecule has 0 radical (unpaired) electrons. The van der Waals surface area contributed by atoms with Gasteiger partial charge in [-0.2, -0.15) is 11.3 Å². The predicted octanol–water partition coefficient (Wildman–Crippen LogP) is 3.85. The van der Waals surface area contributed by atoms with Gasteiger partial charge in [0.2, 0.25) is 0 Å². The van der Waals surface area contributed by atoms with Crippen molar-refractivity contribution in [3.63, 3.8) is 0 Å². The number of benzene rings is 1. The van der Waals surface area contributed by atoms with Crippen molar-refractivity contribution in [1.82, 2.24) is 10.2 Å². The van der Waals surface area contributed by atoms with Crippen molar-refractivity contribution in [2.24, 2.45) is 0 Å². The highest BCUT2D eigenvalue weighted by Crippen LogP contribution is 2.28. The Morgan fingerprint density at radius 3 is 2.76 bits per heavy atom. The second kappa shape index (κ2) is 6.30. The Labute approximate surface area is 131 Å². The van der Waals surface area contributed by atoms with Crippen molar-refractivity contribution < 1.29 is 0 Å². The van der Waals surface area contributed by atoms with Gasteiger partial charge < -0.3 is 5.32 Å². The largest absolute Gasteiger partial charge is 0.305 e. The van der Waals surface area contributed by atoms with E-state index >= 15 is 0 Å². The summed E-state index contributed by atoms with van der Waals surface area (Å²) < 4.78 is 0. The lowest BCUT2D eigenvalue weighted by Crippen LogP contribution is -2.60. The Morgan fingerprint density at radius 2 is 2.10 bits per heavy atom. The average Bonchev–Trinajstić information content (AvgIpc) is 3.01. The van der Waals surface area contributed by atoms with Gasteiger partial charge in [-0.05, 0) is 41.3 Å². The van der Waals surface area contributed by atoms with Crippen LogP contribution in [0, 0.1) is 0 Å². The molecule has 3 rings (SSSR count).